The number of carbonyl (C=O) groups excluding carboxylic acids is 2. The number of rotatable bonds is 7. The second-order valence-electron chi connectivity index (χ2n) is 10.00. The van der Waals surface area contributed by atoms with Crippen molar-refractivity contribution in [3.63, 3.8) is 0 Å². The maximum atomic E-state index is 13.4. The molecule has 35 heavy (non-hydrogen) atoms. The van der Waals surface area contributed by atoms with Crippen molar-refractivity contribution in [3.05, 3.63) is 46.6 Å². The molecule has 0 aliphatic heterocycles. The third kappa shape index (κ3) is 6.55. The van der Waals surface area contributed by atoms with Crippen molar-refractivity contribution >= 4 is 11.8 Å². The molecule has 0 radical (unpaired) electrons. The Morgan fingerprint density at radius 1 is 1.17 bits per heavy atom. The van der Waals surface area contributed by atoms with Crippen LogP contribution in [0.15, 0.2) is 29.3 Å². The molecule has 10 heteroatoms. The minimum Gasteiger partial charge on any atom is -0.491 e. The number of hydrogen-bond acceptors (Lipinski definition) is 3. The summed E-state index contributed by atoms with van der Waals surface area (Å²) in [7, 11) is 1.91. The number of aromatic nitrogens is 2. The smallest absolute Gasteiger partial charge is 0.416 e. The Balaban J connectivity index is 2.03. The Morgan fingerprint density at radius 2 is 1.86 bits per heavy atom. The van der Waals surface area contributed by atoms with Crippen LogP contribution in [-0.4, -0.2) is 34.3 Å². The molecule has 0 saturated heterocycles. The average Bonchev–Trinajstić information content (AvgIpc) is 3.02. The molecule has 1 saturated carbocycles. The quantitative estimate of drug-likeness (QED) is 0.586. The van der Waals surface area contributed by atoms with Crippen LogP contribution in [0, 0.1) is 5.92 Å². The van der Waals surface area contributed by atoms with Gasteiger partial charge in [-0.1, -0.05) is 27.2 Å². The fraction of sp³-hybridized carbons (Fsp3) is 0.560. The normalized spacial score (nSPS) is 15.1. The third-order valence-electron chi connectivity index (χ3n) is 6.15. The highest BCUT2D eigenvalue weighted by Crippen LogP contribution is 2.33. The van der Waals surface area contributed by atoms with Gasteiger partial charge in [-0.2, -0.15) is 18.2 Å². The number of hydrogen-bond donors (Lipinski definition) is 1. The van der Waals surface area contributed by atoms with Gasteiger partial charge in [0.2, 0.25) is 5.91 Å². The molecule has 1 fully saturated rings. The number of ether oxygens (including phenoxy) is 1. The predicted molar refractivity (Wildman–Crippen MR) is 125 cm³/mol. The lowest BCUT2D eigenvalue weighted by molar-refractivity contribution is -0.137. The zero-order valence-corrected chi connectivity index (χ0v) is 20.8. The molecule has 2 amide bonds. The average molecular weight is 495 g/mol. The van der Waals surface area contributed by atoms with E-state index in [0.717, 1.165) is 43.2 Å². The molecule has 1 aromatic heterocycles. The molecule has 0 atom stereocenters. The Labute approximate surface area is 203 Å². The number of carbonyl (C=O) groups is 2. The predicted octanol–water partition coefficient (Wildman–Crippen LogP) is 4.20. The number of nitrogens with one attached hydrogen (secondary N) is 1. The van der Waals surface area contributed by atoms with Crippen LogP contribution in [0.1, 0.15) is 68.6 Å². The lowest BCUT2D eigenvalue weighted by Crippen LogP contribution is -2.30. The molecule has 1 heterocycles. The number of alkyl halides is 3. The van der Waals surface area contributed by atoms with Gasteiger partial charge in [-0.15, -0.1) is 0 Å². The van der Waals surface area contributed by atoms with Gasteiger partial charge < -0.3 is 10.1 Å². The largest absolute Gasteiger partial charge is 0.491 e. The summed E-state index contributed by atoms with van der Waals surface area (Å²) in [6.45, 7) is 8.32. The first-order valence-electron chi connectivity index (χ1n) is 11.7. The van der Waals surface area contributed by atoms with Crippen molar-refractivity contribution in [2.45, 2.75) is 65.1 Å². The molecule has 1 N–H and O–H groups in total. The summed E-state index contributed by atoms with van der Waals surface area (Å²) in [5.74, 6) is -0.623. The van der Waals surface area contributed by atoms with Crippen molar-refractivity contribution in [1.82, 2.24) is 14.7 Å². The molecule has 1 aromatic carbocycles. The van der Waals surface area contributed by atoms with Crippen LogP contribution in [0.4, 0.5) is 13.2 Å². The lowest BCUT2D eigenvalue weighted by atomic mass is 9.85. The van der Waals surface area contributed by atoms with Gasteiger partial charge >= 0.3 is 6.18 Å². The van der Waals surface area contributed by atoms with Crippen LogP contribution in [-0.2, 0) is 30.0 Å². The minimum atomic E-state index is -4.62. The number of nitrogens with zero attached hydrogens (tertiary/aromatic N) is 3. The Bertz CT molecular complexity index is 1150. The standard InChI is InChI=1S/C25H33F3N4O3/c1-16(33)29-11-12-35-20-10-9-18(25(26,27)28)13-19(20)23(34)30-22-14-21(24(2,3)4)31(5)32(22)15-17-7-6-8-17/h9-10,13-14,17H,6-8,11-12,15H2,1-5H3,(H,29,33)/b30-22+. The van der Waals surface area contributed by atoms with Gasteiger partial charge in [-0.3, -0.25) is 19.0 Å². The Hall–Kier alpha value is -3.04. The molecule has 0 bridgehead atoms. The van der Waals surface area contributed by atoms with E-state index in [1.54, 1.807) is 0 Å². The molecular formula is C25H33F3N4O3. The van der Waals surface area contributed by atoms with E-state index in [-0.39, 0.29) is 35.8 Å². The molecule has 0 unspecified atom stereocenters. The van der Waals surface area contributed by atoms with Gasteiger partial charge in [0.25, 0.3) is 5.91 Å². The third-order valence-corrected chi connectivity index (χ3v) is 6.15. The molecule has 192 valence electrons. The van der Waals surface area contributed by atoms with Crippen LogP contribution in [0.5, 0.6) is 5.75 Å². The summed E-state index contributed by atoms with van der Waals surface area (Å²) in [5.41, 5.74) is -0.105. The highest BCUT2D eigenvalue weighted by atomic mass is 19.4. The van der Waals surface area contributed by atoms with E-state index in [1.165, 1.54) is 6.92 Å². The summed E-state index contributed by atoms with van der Waals surface area (Å²) in [6, 6.07) is 4.57. The molecule has 7 nitrogen and oxygen atoms in total. The highest BCUT2D eigenvalue weighted by Gasteiger charge is 2.32. The first-order valence-corrected chi connectivity index (χ1v) is 11.7. The first kappa shape index (κ1) is 26.6. The first-order chi connectivity index (χ1) is 16.3. The molecular weight excluding hydrogens is 461 g/mol. The van der Waals surface area contributed by atoms with E-state index in [2.05, 4.69) is 31.1 Å². The zero-order valence-electron chi connectivity index (χ0n) is 20.8. The van der Waals surface area contributed by atoms with Crippen LogP contribution in [0.3, 0.4) is 0 Å². The van der Waals surface area contributed by atoms with Crippen LogP contribution in [0.2, 0.25) is 0 Å². The second-order valence-corrected chi connectivity index (χ2v) is 10.00. The van der Waals surface area contributed by atoms with Crippen molar-refractivity contribution in [1.29, 1.82) is 0 Å². The molecule has 1 aliphatic carbocycles. The van der Waals surface area contributed by atoms with Gasteiger partial charge in [0.1, 0.15) is 12.4 Å². The van der Waals surface area contributed by atoms with E-state index in [0.29, 0.717) is 18.0 Å². The maximum Gasteiger partial charge on any atom is 0.416 e. The summed E-state index contributed by atoms with van der Waals surface area (Å²) in [4.78, 5) is 28.6. The molecule has 2 aromatic rings. The van der Waals surface area contributed by atoms with E-state index in [9.17, 15) is 22.8 Å². The summed E-state index contributed by atoms with van der Waals surface area (Å²) >= 11 is 0. The molecule has 1 aliphatic rings. The summed E-state index contributed by atoms with van der Waals surface area (Å²) < 4.78 is 49.6. The van der Waals surface area contributed by atoms with Gasteiger partial charge in [0.05, 0.1) is 17.7 Å². The van der Waals surface area contributed by atoms with Gasteiger partial charge in [-0.25, -0.2) is 0 Å². The van der Waals surface area contributed by atoms with E-state index < -0.39 is 17.6 Å². The van der Waals surface area contributed by atoms with Crippen LogP contribution >= 0.6 is 0 Å². The summed E-state index contributed by atoms with van der Waals surface area (Å²) in [5, 5.41) is 2.54. The monoisotopic (exact) mass is 494 g/mol. The van der Waals surface area contributed by atoms with E-state index >= 15 is 0 Å². The van der Waals surface area contributed by atoms with Gasteiger partial charge in [-0.05, 0) is 37.0 Å². The second kappa shape index (κ2) is 10.3. The van der Waals surface area contributed by atoms with Crippen LogP contribution in [0.25, 0.3) is 0 Å². The zero-order chi connectivity index (χ0) is 26.0. The lowest BCUT2D eigenvalue weighted by Gasteiger charge is -2.27. The summed E-state index contributed by atoms with van der Waals surface area (Å²) in [6.07, 6.45) is -1.27. The molecule has 3 rings (SSSR count). The molecule has 0 spiro atoms. The van der Waals surface area contributed by atoms with Crippen LogP contribution < -0.4 is 15.5 Å². The SMILES string of the molecule is CC(=O)NCCOc1ccc(C(F)(F)F)cc1C(=O)/N=c1\cc(C(C)(C)C)n(C)n1CC1CCC1. The fourth-order valence-corrected chi connectivity index (χ4v) is 4.05. The maximum absolute atomic E-state index is 13.4. The fourth-order valence-electron chi connectivity index (χ4n) is 4.05. The number of halogens is 3. The van der Waals surface area contributed by atoms with Crippen molar-refractivity contribution in [2.24, 2.45) is 18.0 Å². The highest BCUT2D eigenvalue weighted by molar-refractivity contribution is 5.97. The van der Waals surface area contributed by atoms with Gasteiger partial charge in [0.15, 0.2) is 5.49 Å². The van der Waals surface area contributed by atoms with Gasteiger partial charge in [0, 0.05) is 37.7 Å². The number of benzene rings is 1. The minimum absolute atomic E-state index is 0.00753. The van der Waals surface area contributed by atoms with E-state index in [1.807, 2.05) is 22.5 Å². The topological polar surface area (TPSA) is 77.6 Å². The Morgan fingerprint density at radius 3 is 2.40 bits per heavy atom. The van der Waals surface area contributed by atoms with Crippen molar-refractivity contribution in [3.8, 4) is 5.75 Å². The number of amides is 2. The van der Waals surface area contributed by atoms with Crippen molar-refractivity contribution in [2.75, 3.05) is 13.2 Å². The van der Waals surface area contributed by atoms with Crippen molar-refractivity contribution < 1.29 is 27.5 Å². The van der Waals surface area contributed by atoms with E-state index in [4.69, 9.17) is 4.74 Å². The Kier molecular flexibility index (Phi) is 7.81.